The summed E-state index contributed by atoms with van der Waals surface area (Å²) in [5.41, 5.74) is 2.54. The van der Waals surface area contributed by atoms with Crippen molar-refractivity contribution in [3.8, 4) is 6.07 Å². The van der Waals surface area contributed by atoms with Crippen LogP contribution in [-0.2, 0) is 17.9 Å². The van der Waals surface area contributed by atoms with E-state index in [1.807, 2.05) is 30.9 Å². The van der Waals surface area contributed by atoms with Gasteiger partial charge in [-0.3, -0.25) is 24.0 Å². The van der Waals surface area contributed by atoms with Crippen LogP contribution in [0.1, 0.15) is 61.3 Å². The van der Waals surface area contributed by atoms with Crippen molar-refractivity contribution in [1.29, 1.82) is 5.26 Å². The Bertz CT molecular complexity index is 1380. The number of hydrogen-bond acceptors (Lipinski definition) is 7. The summed E-state index contributed by atoms with van der Waals surface area (Å²) >= 11 is 7.01. The first-order chi connectivity index (χ1) is 18.9. The zero-order valence-electron chi connectivity index (χ0n) is 22.7. The molecule has 0 spiro atoms. The number of pyridine rings is 1. The van der Waals surface area contributed by atoms with Crippen molar-refractivity contribution in [3.63, 3.8) is 0 Å². The first kappa shape index (κ1) is 27.6. The van der Waals surface area contributed by atoms with Crippen LogP contribution in [-0.4, -0.2) is 56.8 Å². The molecule has 0 N–H and O–H groups in total. The maximum Gasteiger partial charge on any atom is 0.270 e. The van der Waals surface area contributed by atoms with Gasteiger partial charge >= 0.3 is 0 Å². The Labute approximate surface area is 240 Å². The van der Waals surface area contributed by atoms with Gasteiger partial charge in [0.2, 0.25) is 0 Å². The average molecular weight is 562 g/mol. The van der Waals surface area contributed by atoms with Gasteiger partial charge in [0.05, 0.1) is 4.91 Å². The van der Waals surface area contributed by atoms with Gasteiger partial charge in [-0.05, 0) is 43.9 Å². The van der Waals surface area contributed by atoms with E-state index in [0.717, 1.165) is 69.8 Å². The summed E-state index contributed by atoms with van der Waals surface area (Å²) < 4.78 is 2.31. The minimum Gasteiger partial charge on any atom is -0.355 e. The standard InChI is InChI=1S/C30H35N5O2S2/c1-3-34-27(33-16-14-32(15-17-33)20-22-10-6-4-7-11-22)24(21(2)25(19-31)28(34)36)18-26-29(37)35(30(38)39-26)23-12-8-5-9-13-23/h4,6-7,10-11,18,23H,3,5,8-9,12-17,20H2,1-2H3/b26-18-. The Kier molecular flexibility index (Phi) is 8.55. The van der Waals surface area contributed by atoms with Gasteiger partial charge in [0, 0.05) is 50.9 Å². The highest BCUT2D eigenvalue weighted by atomic mass is 32.2. The summed E-state index contributed by atoms with van der Waals surface area (Å²) in [6.45, 7) is 8.30. The number of benzene rings is 1. The molecular weight excluding hydrogens is 526 g/mol. The number of hydrogen-bond donors (Lipinski definition) is 0. The monoisotopic (exact) mass is 561 g/mol. The van der Waals surface area contributed by atoms with Crippen LogP contribution in [0, 0.1) is 18.3 Å². The van der Waals surface area contributed by atoms with Gasteiger partial charge in [-0.15, -0.1) is 0 Å². The molecule has 2 saturated heterocycles. The molecule has 0 radical (unpaired) electrons. The molecule has 3 fully saturated rings. The number of carbonyl (C=O) groups excluding carboxylic acids is 1. The third kappa shape index (κ3) is 5.56. The Morgan fingerprint density at radius 1 is 1.08 bits per heavy atom. The van der Waals surface area contributed by atoms with Crippen LogP contribution >= 0.6 is 24.0 Å². The lowest BCUT2D eigenvalue weighted by Crippen LogP contribution is -2.48. The van der Waals surface area contributed by atoms with Gasteiger partial charge in [-0.2, -0.15) is 5.26 Å². The minimum atomic E-state index is -0.272. The second-order valence-electron chi connectivity index (χ2n) is 10.5. The summed E-state index contributed by atoms with van der Waals surface area (Å²) in [6.07, 6.45) is 7.29. The summed E-state index contributed by atoms with van der Waals surface area (Å²) in [7, 11) is 0. The SMILES string of the molecule is CCn1c(N2CCN(Cc3ccccc3)CC2)c(/C=C2\SC(=S)N(C3CCCCC3)C2=O)c(C)c(C#N)c1=O. The van der Waals surface area contributed by atoms with Gasteiger partial charge in [0.1, 0.15) is 21.8 Å². The summed E-state index contributed by atoms with van der Waals surface area (Å²) in [4.78, 5) is 34.0. The minimum absolute atomic E-state index is 0.0531. The van der Waals surface area contributed by atoms with Crippen LogP contribution in [0.4, 0.5) is 5.82 Å². The smallest absolute Gasteiger partial charge is 0.270 e. The lowest BCUT2D eigenvalue weighted by atomic mass is 9.94. The molecule has 9 heteroatoms. The molecule has 1 aliphatic carbocycles. The Morgan fingerprint density at radius 3 is 2.41 bits per heavy atom. The zero-order chi connectivity index (χ0) is 27.5. The van der Waals surface area contributed by atoms with Gasteiger partial charge in [0.15, 0.2) is 0 Å². The van der Waals surface area contributed by atoms with Crippen LogP contribution in [0.2, 0.25) is 0 Å². The number of aromatic nitrogens is 1. The van der Waals surface area contributed by atoms with Crippen molar-refractivity contribution in [2.45, 2.75) is 65.1 Å². The summed E-state index contributed by atoms with van der Waals surface area (Å²) in [5.74, 6) is 0.740. The first-order valence-electron chi connectivity index (χ1n) is 13.9. The molecule has 5 rings (SSSR count). The Morgan fingerprint density at radius 2 is 1.77 bits per heavy atom. The van der Waals surface area contributed by atoms with E-state index in [0.29, 0.717) is 21.3 Å². The number of thioether (sulfide) groups is 1. The molecule has 0 unspecified atom stereocenters. The second kappa shape index (κ2) is 12.1. The number of thiocarbonyl (C=S) groups is 1. The number of rotatable bonds is 6. The highest BCUT2D eigenvalue weighted by molar-refractivity contribution is 8.26. The van der Waals surface area contributed by atoms with Crippen molar-refractivity contribution in [2.24, 2.45) is 0 Å². The van der Waals surface area contributed by atoms with Crippen LogP contribution in [0.3, 0.4) is 0 Å². The van der Waals surface area contributed by atoms with Crippen LogP contribution in [0.15, 0.2) is 40.0 Å². The van der Waals surface area contributed by atoms with E-state index >= 15 is 0 Å². The summed E-state index contributed by atoms with van der Waals surface area (Å²) in [6, 6.07) is 12.7. The molecule has 1 saturated carbocycles. The molecule has 3 heterocycles. The molecule has 3 aliphatic rings. The van der Waals surface area contributed by atoms with Crippen molar-refractivity contribution in [2.75, 3.05) is 31.1 Å². The number of anilines is 1. The quantitative estimate of drug-likeness (QED) is 0.367. The lowest BCUT2D eigenvalue weighted by molar-refractivity contribution is -0.124. The molecule has 39 heavy (non-hydrogen) atoms. The van der Waals surface area contributed by atoms with Crippen LogP contribution in [0.25, 0.3) is 6.08 Å². The predicted octanol–water partition coefficient (Wildman–Crippen LogP) is 4.90. The van der Waals surface area contributed by atoms with Crippen LogP contribution in [0.5, 0.6) is 0 Å². The largest absolute Gasteiger partial charge is 0.355 e. The molecule has 204 valence electrons. The highest BCUT2D eigenvalue weighted by Gasteiger charge is 2.38. The van der Waals surface area contributed by atoms with Gasteiger partial charge in [-0.25, -0.2) is 0 Å². The molecule has 2 aromatic rings. The van der Waals surface area contributed by atoms with Gasteiger partial charge in [-0.1, -0.05) is 73.6 Å². The predicted molar refractivity (Wildman–Crippen MR) is 162 cm³/mol. The first-order valence-corrected chi connectivity index (χ1v) is 15.1. The molecular formula is C30H35N5O2S2. The molecule has 7 nitrogen and oxygen atoms in total. The highest BCUT2D eigenvalue weighted by Crippen LogP contribution is 2.39. The number of nitrogens with zero attached hydrogens (tertiary/aromatic N) is 5. The number of carbonyl (C=O) groups is 1. The topological polar surface area (TPSA) is 72.6 Å². The van der Waals surface area contributed by atoms with E-state index in [1.165, 1.54) is 23.7 Å². The third-order valence-corrected chi connectivity index (χ3v) is 9.45. The molecule has 1 aromatic heterocycles. The Balaban J connectivity index is 1.49. The Hall–Kier alpha value is -2.93. The lowest BCUT2D eigenvalue weighted by Gasteiger charge is -2.38. The van der Waals surface area contributed by atoms with E-state index in [2.05, 4.69) is 40.1 Å². The average Bonchev–Trinajstić information content (AvgIpc) is 3.24. The molecule has 1 amide bonds. The van der Waals surface area contributed by atoms with Gasteiger partial charge in [0.25, 0.3) is 11.5 Å². The fourth-order valence-corrected chi connectivity index (χ4v) is 7.38. The van der Waals surface area contributed by atoms with Gasteiger partial charge < -0.3 is 4.90 Å². The summed E-state index contributed by atoms with van der Waals surface area (Å²) in [5, 5.41) is 9.88. The maximum atomic E-state index is 13.6. The molecule has 2 aliphatic heterocycles. The normalized spacial score (nSPS) is 20.2. The van der Waals surface area contributed by atoms with E-state index < -0.39 is 0 Å². The van der Waals surface area contributed by atoms with E-state index in [-0.39, 0.29) is 23.1 Å². The van der Waals surface area contributed by atoms with Crippen molar-refractivity contribution >= 4 is 46.1 Å². The fourth-order valence-electron chi connectivity index (χ4n) is 6.00. The van der Waals surface area contributed by atoms with E-state index in [4.69, 9.17) is 12.2 Å². The van der Waals surface area contributed by atoms with E-state index in [9.17, 15) is 14.9 Å². The zero-order valence-corrected chi connectivity index (χ0v) is 24.3. The van der Waals surface area contributed by atoms with Crippen LogP contribution < -0.4 is 10.5 Å². The fraction of sp³-hybridized carbons (Fsp3) is 0.467. The second-order valence-corrected chi connectivity index (χ2v) is 12.2. The number of amides is 1. The third-order valence-electron chi connectivity index (χ3n) is 8.12. The van der Waals surface area contributed by atoms with Crippen molar-refractivity contribution < 1.29 is 4.79 Å². The number of nitriles is 1. The number of piperazine rings is 1. The molecule has 1 aromatic carbocycles. The van der Waals surface area contributed by atoms with Crippen molar-refractivity contribution in [1.82, 2.24) is 14.4 Å². The van der Waals surface area contributed by atoms with Crippen molar-refractivity contribution in [3.05, 3.63) is 67.8 Å². The van der Waals surface area contributed by atoms with E-state index in [1.54, 1.807) is 4.57 Å². The molecule has 0 atom stereocenters. The molecule has 0 bridgehead atoms. The maximum absolute atomic E-state index is 13.6.